The molecular weight excluding hydrogens is 454 g/mol. The maximum absolute atomic E-state index is 12.9. The molecule has 1 amide bonds. The maximum Gasteiger partial charge on any atom is 0.274 e. The molecule has 0 aliphatic heterocycles. The van der Waals surface area contributed by atoms with Crippen molar-refractivity contribution in [2.24, 2.45) is 5.92 Å². The van der Waals surface area contributed by atoms with Gasteiger partial charge in [-0.05, 0) is 56.0 Å². The van der Waals surface area contributed by atoms with Gasteiger partial charge < -0.3 is 16.4 Å². The summed E-state index contributed by atoms with van der Waals surface area (Å²) in [5.41, 5.74) is 7.64. The van der Waals surface area contributed by atoms with Gasteiger partial charge in [-0.3, -0.25) is 4.79 Å². The van der Waals surface area contributed by atoms with Crippen LogP contribution in [0.5, 0.6) is 0 Å². The second-order valence-corrected chi connectivity index (χ2v) is 8.35. The molecule has 11 heteroatoms. The Labute approximate surface area is 200 Å². The summed E-state index contributed by atoms with van der Waals surface area (Å²) >= 11 is 6.06. The summed E-state index contributed by atoms with van der Waals surface area (Å²) < 4.78 is 1.56. The number of hydrogen-bond acceptors (Lipinski definition) is 8. The molecule has 1 saturated carbocycles. The van der Waals surface area contributed by atoms with E-state index in [4.69, 9.17) is 17.3 Å². The molecule has 4 N–H and O–H groups in total. The van der Waals surface area contributed by atoms with Crippen molar-refractivity contribution in [3.05, 3.63) is 64.8 Å². The van der Waals surface area contributed by atoms with E-state index < -0.39 is 11.9 Å². The number of benzene rings is 1. The number of aromatic nitrogens is 6. The first kappa shape index (κ1) is 21.6. The summed E-state index contributed by atoms with van der Waals surface area (Å²) in [6.07, 6.45) is 3.66. The van der Waals surface area contributed by atoms with Crippen LogP contribution in [0.1, 0.15) is 47.8 Å². The van der Waals surface area contributed by atoms with Crippen LogP contribution >= 0.6 is 11.6 Å². The maximum atomic E-state index is 12.9. The third-order valence-electron chi connectivity index (χ3n) is 5.12. The van der Waals surface area contributed by atoms with Crippen LogP contribution in [-0.4, -0.2) is 35.7 Å². The number of nitrogens with one attached hydrogen (secondary N) is 2. The zero-order valence-electron chi connectivity index (χ0n) is 18.2. The lowest BCUT2D eigenvalue weighted by Gasteiger charge is -2.13. The zero-order chi connectivity index (χ0) is 23.7. The first-order valence-corrected chi connectivity index (χ1v) is 11.0. The fourth-order valence-electron chi connectivity index (χ4n) is 3.22. The van der Waals surface area contributed by atoms with Crippen LogP contribution in [0.2, 0.25) is 5.02 Å². The largest absolute Gasteiger partial charge is 0.382 e. The van der Waals surface area contributed by atoms with Gasteiger partial charge in [-0.2, -0.15) is 4.52 Å². The minimum Gasteiger partial charge on any atom is -0.382 e. The van der Waals surface area contributed by atoms with Gasteiger partial charge in [-0.15, -0.1) is 15.3 Å². The molecule has 3 heterocycles. The molecular formula is C23H20ClN9O. The predicted octanol–water partition coefficient (Wildman–Crippen LogP) is 3.15. The molecule has 4 aromatic rings. The van der Waals surface area contributed by atoms with E-state index in [1.807, 2.05) is 12.1 Å². The molecule has 10 nitrogen and oxygen atoms in total. The Hall–Kier alpha value is -4.23. The zero-order valence-corrected chi connectivity index (χ0v) is 18.9. The van der Waals surface area contributed by atoms with Crippen molar-refractivity contribution in [1.82, 2.24) is 35.1 Å². The van der Waals surface area contributed by atoms with Gasteiger partial charge in [0, 0.05) is 16.6 Å². The highest BCUT2D eigenvalue weighted by Crippen LogP contribution is 2.27. The number of amides is 1. The highest BCUT2D eigenvalue weighted by molar-refractivity contribution is 6.30. The van der Waals surface area contributed by atoms with Gasteiger partial charge in [0.05, 0.1) is 12.2 Å². The lowest BCUT2D eigenvalue weighted by atomic mass is 10.2. The normalized spacial score (nSPS) is 13.7. The van der Waals surface area contributed by atoms with Crippen molar-refractivity contribution >= 4 is 40.5 Å². The molecule has 0 bridgehead atoms. The van der Waals surface area contributed by atoms with Crippen molar-refractivity contribution in [2.45, 2.75) is 25.8 Å². The number of anilines is 3. The van der Waals surface area contributed by atoms with E-state index in [0.717, 1.165) is 18.5 Å². The fourth-order valence-corrected chi connectivity index (χ4v) is 3.41. The molecule has 0 spiro atoms. The Kier molecular flexibility index (Phi) is 5.69. The lowest BCUT2D eigenvalue weighted by Crippen LogP contribution is -2.30. The van der Waals surface area contributed by atoms with Crippen LogP contribution in [0, 0.1) is 17.8 Å². The Morgan fingerprint density at radius 2 is 2.12 bits per heavy atom. The average Bonchev–Trinajstić information content (AvgIpc) is 3.55. The molecule has 1 atom stereocenters. The second-order valence-electron chi connectivity index (χ2n) is 7.91. The number of nitrogens with two attached hydrogens (primary N) is 1. The number of nitrogens with zero attached hydrogens (tertiary/aromatic N) is 6. The Balaban J connectivity index is 1.36. The molecule has 0 radical (unpaired) electrons. The van der Waals surface area contributed by atoms with Crippen molar-refractivity contribution in [1.29, 1.82) is 0 Å². The number of halogens is 1. The molecule has 1 aromatic carbocycles. The Morgan fingerprint density at radius 1 is 1.26 bits per heavy atom. The topological polar surface area (TPSA) is 136 Å². The minimum atomic E-state index is -0.543. The lowest BCUT2D eigenvalue weighted by molar-refractivity contribution is 0.0933. The van der Waals surface area contributed by atoms with E-state index in [1.54, 1.807) is 35.7 Å². The SMILES string of the molecule is C[C@@H](NC(=O)c1nc(C#CC2CC2)cnc1N)c1nnc2ccc(Nc3cccc(Cl)c3)nn12. The summed E-state index contributed by atoms with van der Waals surface area (Å²) in [5, 5.41) is 19.5. The van der Waals surface area contributed by atoms with Gasteiger partial charge in [-0.25, -0.2) is 9.97 Å². The van der Waals surface area contributed by atoms with Crippen LogP contribution in [0.3, 0.4) is 0 Å². The monoisotopic (exact) mass is 473 g/mol. The Bertz CT molecular complexity index is 1450. The molecule has 0 unspecified atom stereocenters. The van der Waals surface area contributed by atoms with E-state index in [-0.39, 0.29) is 11.5 Å². The predicted molar refractivity (Wildman–Crippen MR) is 127 cm³/mol. The number of hydrogen-bond donors (Lipinski definition) is 3. The fraction of sp³-hybridized carbons (Fsp3) is 0.217. The molecule has 1 aliphatic rings. The van der Waals surface area contributed by atoms with Crippen molar-refractivity contribution < 1.29 is 4.79 Å². The van der Waals surface area contributed by atoms with E-state index in [1.165, 1.54) is 6.20 Å². The van der Waals surface area contributed by atoms with Gasteiger partial charge in [0.1, 0.15) is 5.69 Å². The number of carbonyl (C=O) groups excluding carboxylic acids is 1. The van der Waals surface area contributed by atoms with Crippen molar-refractivity contribution in [3.63, 3.8) is 0 Å². The molecule has 3 aromatic heterocycles. The van der Waals surface area contributed by atoms with E-state index in [9.17, 15) is 4.79 Å². The summed E-state index contributed by atoms with van der Waals surface area (Å²) in [5.74, 6) is 7.00. The highest BCUT2D eigenvalue weighted by atomic mass is 35.5. The summed E-state index contributed by atoms with van der Waals surface area (Å²) in [7, 11) is 0. The number of fused-ring (bicyclic) bond motifs is 1. The van der Waals surface area contributed by atoms with Gasteiger partial charge in [-0.1, -0.05) is 23.6 Å². The van der Waals surface area contributed by atoms with E-state index in [0.29, 0.717) is 33.9 Å². The third-order valence-corrected chi connectivity index (χ3v) is 5.35. The summed E-state index contributed by atoms with van der Waals surface area (Å²) in [6.45, 7) is 1.77. The molecule has 34 heavy (non-hydrogen) atoms. The smallest absolute Gasteiger partial charge is 0.274 e. The van der Waals surface area contributed by atoms with Gasteiger partial charge in [0.2, 0.25) is 0 Å². The van der Waals surface area contributed by atoms with Crippen LogP contribution in [-0.2, 0) is 0 Å². The Morgan fingerprint density at radius 3 is 2.91 bits per heavy atom. The average molecular weight is 474 g/mol. The highest BCUT2D eigenvalue weighted by Gasteiger charge is 2.21. The van der Waals surface area contributed by atoms with Crippen molar-refractivity contribution in [3.8, 4) is 11.8 Å². The first-order valence-electron chi connectivity index (χ1n) is 10.7. The quantitative estimate of drug-likeness (QED) is 0.376. The number of carbonyl (C=O) groups is 1. The van der Waals surface area contributed by atoms with Crippen molar-refractivity contribution in [2.75, 3.05) is 11.1 Å². The molecule has 1 aliphatic carbocycles. The molecule has 5 rings (SSSR count). The van der Waals surface area contributed by atoms with E-state index >= 15 is 0 Å². The van der Waals surface area contributed by atoms with Crippen LogP contribution in [0.25, 0.3) is 5.65 Å². The molecule has 170 valence electrons. The van der Waals surface area contributed by atoms with Gasteiger partial charge in [0.25, 0.3) is 5.91 Å². The van der Waals surface area contributed by atoms with Gasteiger partial charge >= 0.3 is 0 Å². The molecule has 0 saturated heterocycles. The summed E-state index contributed by atoms with van der Waals surface area (Å²) in [4.78, 5) is 21.3. The number of rotatable bonds is 5. The van der Waals surface area contributed by atoms with Crippen LogP contribution in [0.4, 0.5) is 17.3 Å². The van der Waals surface area contributed by atoms with Crippen LogP contribution < -0.4 is 16.4 Å². The second kappa shape index (κ2) is 8.96. The third kappa shape index (κ3) is 4.74. The first-order chi connectivity index (χ1) is 16.5. The number of nitrogen functional groups attached to an aromatic ring is 1. The standard InChI is InChI=1S/C23H20ClN9O/c1-13(27-23(34)20-21(25)26-12-17(29-20)8-7-14-5-6-14)22-31-30-19-10-9-18(32-33(19)22)28-16-4-2-3-15(24)11-16/h2-4,9-14H,5-6H2,1H3,(H2,25,26)(H,27,34)(H,28,32)/t13-/m1/s1. The van der Waals surface area contributed by atoms with Crippen LogP contribution in [0.15, 0.2) is 42.6 Å². The summed E-state index contributed by atoms with van der Waals surface area (Å²) in [6, 6.07) is 10.3. The molecule has 1 fully saturated rings. The van der Waals surface area contributed by atoms with Gasteiger partial charge in [0.15, 0.2) is 28.8 Å². The van der Waals surface area contributed by atoms with E-state index in [2.05, 4.69) is 47.7 Å². The minimum absolute atomic E-state index is 0.0135.